The van der Waals surface area contributed by atoms with Gasteiger partial charge in [-0.3, -0.25) is 0 Å². The zero-order valence-electron chi connectivity index (χ0n) is 14.7. The van der Waals surface area contributed by atoms with Crippen LogP contribution in [-0.2, 0) is 27.9 Å². The van der Waals surface area contributed by atoms with Crippen LogP contribution in [0.15, 0.2) is 30.5 Å². The molecule has 0 bridgehead atoms. The maximum Gasteiger partial charge on any atom is 0.338 e. The van der Waals surface area contributed by atoms with E-state index in [4.69, 9.17) is 14.2 Å². The van der Waals surface area contributed by atoms with Crippen molar-refractivity contribution < 1.29 is 29.2 Å². The van der Waals surface area contributed by atoms with E-state index in [9.17, 15) is 15.0 Å². The Morgan fingerprint density at radius 3 is 2.96 bits per heavy atom. The van der Waals surface area contributed by atoms with Crippen LogP contribution in [0.25, 0.3) is 11.0 Å². The number of carbonyl (C=O) groups excluding carboxylic acids is 1. The largest absolute Gasteiger partial charge is 0.493 e. The first-order chi connectivity index (χ1) is 12.5. The molecule has 0 saturated carbocycles. The molecule has 1 aromatic carbocycles. The highest BCUT2D eigenvalue weighted by molar-refractivity contribution is 5.93. The molecule has 140 valence electrons. The molecule has 0 unspecified atom stereocenters. The number of rotatable bonds is 6. The number of hydrogen-bond acceptors (Lipinski definition) is 7. The van der Waals surface area contributed by atoms with Crippen LogP contribution in [-0.4, -0.2) is 57.3 Å². The summed E-state index contributed by atoms with van der Waals surface area (Å²) in [6.45, 7) is 1.93. The highest BCUT2D eigenvalue weighted by Gasteiger charge is 2.30. The summed E-state index contributed by atoms with van der Waals surface area (Å²) in [4.78, 5) is 16.4. The average Bonchev–Trinajstić information content (AvgIpc) is 2.96. The van der Waals surface area contributed by atoms with Gasteiger partial charge in [-0.2, -0.15) is 0 Å². The number of esters is 1. The molecule has 0 fully saturated rings. The molecule has 2 aromatic rings. The Kier molecular flexibility index (Phi) is 5.55. The SMILES string of the molecule is CCOC(=O)c1ccc2c(c1)nc(CO[C@@H]1C=CO[C@H](CO)[C@@H]1O)n2C. The standard InChI is InChI=1S/C18H22N2O6/c1-3-24-18(23)11-4-5-13-12(8-11)19-16(20(13)2)10-26-14-6-7-25-15(9-21)17(14)22/h4-8,14-15,17,21-22H,3,9-10H2,1-2H3/t14-,15-,17-/m1/s1. The smallest absolute Gasteiger partial charge is 0.338 e. The molecule has 0 saturated heterocycles. The number of aryl methyl sites for hydroxylation is 1. The van der Waals surface area contributed by atoms with Crippen LogP contribution in [0.3, 0.4) is 0 Å². The minimum absolute atomic E-state index is 0.157. The van der Waals surface area contributed by atoms with E-state index < -0.39 is 18.3 Å². The summed E-state index contributed by atoms with van der Waals surface area (Å²) in [5.74, 6) is 0.261. The van der Waals surface area contributed by atoms with E-state index in [-0.39, 0.29) is 19.2 Å². The Balaban J connectivity index is 1.76. The number of carbonyl (C=O) groups is 1. The first-order valence-corrected chi connectivity index (χ1v) is 8.40. The number of aliphatic hydroxyl groups is 2. The summed E-state index contributed by atoms with van der Waals surface area (Å²) in [7, 11) is 1.85. The van der Waals surface area contributed by atoms with Crippen LogP contribution >= 0.6 is 0 Å². The zero-order valence-corrected chi connectivity index (χ0v) is 14.7. The van der Waals surface area contributed by atoms with E-state index in [1.165, 1.54) is 6.26 Å². The molecule has 1 aliphatic heterocycles. The van der Waals surface area contributed by atoms with Gasteiger partial charge in [0.05, 0.1) is 36.1 Å². The van der Waals surface area contributed by atoms with Gasteiger partial charge in [0.15, 0.2) is 0 Å². The van der Waals surface area contributed by atoms with Crippen LogP contribution in [0.2, 0.25) is 0 Å². The van der Waals surface area contributed by atoms with Crippen molar-refractivity contribution in [1.29, 1.82) is 0 Å². The second-order valence-corrected chi connectivity index (χ2v) is 5.96. The first-order valence-electron chi connectivity index (χ1n) is 8.40. The van der Waals surface area contributed by atoms with Gasteiger partial charge in [-0.15, -0.1) is 0 Å². The summed E-state index contributed by atoms with van der Waals surface area (Å²) in [5, 5.41) is 19.3. The Bertz CT molecular complexity index is 815. The molecule has 0 aliphatic carbocycles. The molecular formula is C18H22N2O6. The minimum Gasteiger partial charge on any atom is -0.493 e. The van der Waals surface area contributed by atoms with Crippen molar-refractivity contribution in [1.82, 2.24) is 9.55 Å². The van der Waals surface area contributed by atoms with Crippen LogP contribution in [0, 0.1) is 0 Å². The highest BCUT2D eigenvalue weighted by atomic mass is 16.5. The van der Waals surface area contributed by atoms with Gasteiger partial charge in [-0.1, -0.05) is 0 Å². The summed E-state index contributed by atoms with van der Waals surface area (Å²) >= 11 is 0. The van der Waals surface area contributed by atoms with Crippen LogP contribution in [0.1, 0.15) is 23.1 Å². The topological polar surface area (TPSA) is 103 Å². The number of hydrogen-bond donors (Lipinski definition) is 2. The van der Waals surface area contributed by atoms with Crippen molar-refractivity contribution in [2.45, 2.75) is 31.8 Å². The second-order valence-electron chi connectivity index (χ2n) is 5.96. The Morgan fingerprint density at radius 1 is 1.42 bits per heavy atom. The third-order valence-corrected chi connectivity index (χ3v) is 4.31. The van der Waals surface area contributed by atoms with Crippen LogP contribution in [0.5, 0.6) is 0 Å². The zero-order chi connectivity index (χ0) is 18.7. The molecule has 8 heteroatoms. The lowest BCUT2D eigenvalue weighted by atomic mass is 10.1. The van der Waals surface area contributed by atoms with Crippen molar-refractivity contribution in [2.75, 3.05) is 13.2 Å². The molecule has 8 nitrogen and oxygen atoms in total. The Morgan fingerprint density at radius 2 is 2.23 bits per heavy atom. The summed E-state index contributed by atoms with van der Waals surface area (Å²) in [5.41, 5.74) is 1.96. The lowest BCUT2D eigenvalue weighted by Crippen LogP contribution is -2.43. The maximum absolute atomic E-state index is 11.9. The fraction of sp³-hybridized carbons (Fsp3) is 0.444. The number of imidazole rings is 1. The number of aromatic nitrogens is 2. The Hall–Kier alpha value is -2.42. The average molecular weight is 362 g/mol. The van der Waals surface area contributed by atoms with Gasteiger partial charge in [-0.25, -0.2) is 9.78 Å². The summed E-state index contributed by atoms with van der Waals surface area (Å²) < 4.78 is 17.7. The van der Waals surface area contributed by atoms with Gasteiger partial charge < -0.3 is 29.0 Å². The number of fused-ring (bicyclic) bond motifs is 1. The van der Waals surface area contributed by atoms with E-state index in [0.717, 1.165) is 5.52 Å². The van der Waals surface area contributed by atoms with Crippen molar-refractivity contribution in [3.05, 3.63) is 41.9 Å². The monoisotopic (exact) mass is 362 g/mol. The van der Waals surface area contributed by atoms with Gasteiger partial charge >= 0.3 is 5.97 Å². The number of ether oxygens (including phenoxy) is 3. The van der Waals surface area contributed by atoms with E-state index >= 15 is 0 Å². The van der Waals surface area contributed by atoms with E-state index in [1.54, 1.807) is 25.1 Å². The van der Waals surface area contributed by atoms with E-state index in [0.29, 0.717) is 23.5 Å². The molecule has 1 aromatic heterocycles. The van der Waals surface area contributed by atoms with Gasteiger partial charge in [0, 0.05) is 7.05 Å². The van der Waals surface area contributed by atoms with Gasteiger partial charge in [0.2, 0.25) is 0 Å². The normalized spacial score (nSPS) is 22.4. The number of benzene rings is 1. The molecule has 2 heterocycles. The second kappa shape index (κ2) is 7.86. The van der Waals surface area contributed by atoms with Crippen LogP contribution < -0.4 is 0 Å². The predicted octanol–water partition coefficient (Wildman–Crippen LogP) is 0.901. The third-order valence-electron chi connectivity index (χ3n) is 4.31. The third kappa shape index (κ3) is 3.57. The van der Waals surface area contributed by atoms with Crippen molar-refractivity contribution >= 4 is 17.0 Å². The quantitative estimate of drug-likeness (QED) is 0.736. The molecule has 1 aliphatic rings. The van der Waals surface area contributed by atoms with E-state index in [1.807, 2.05) is 17.7 Å². The fourth-order valence-corrected chi connectivity index (χ4v) is 2.83. The van der Waals surface area contributed by atoms with Crippen molar-refractivity contribution in [3.63, 3.8) is 0 Å². The van der Waals surface area contributed by atoms with Gasteiger partial charge in [-0.05, 0) is 31.2 Å². The fourth-order valence-electron chi connectivity index (χ4n) is 2.83. The lowest BCUT2D eigenvalue weighted by molar-refractivity contribution is -0.107. The molecule has 3 rings (SSSR count). The molecular weight excluding hydrogens is 340 g/mol. The Labute approximate surface area is 150 Å². The minimum atomic E-state index is -0.963. The molecule has 0 spiro atoms. The molecule has 3 atom stereocenters. The number of aliphatic hydroxyl groups excluding tert-OH is 2. The van der Waals surface area contributed by atoms with Crippen molar-refractivity contribution in [2.24, 2.45) is 7.05 Å². The molecule has 0 radical (unpaired) electrons. The highest BCUT2D eigenvalue weighted by Crippen LogP contribution is 2.20. The first kappa shape index (κ1) is 18.4. The van der Waals surface area contributed by atoms with Crippen molar-refractivity contribution in [3.8, 4) is 0 Å². The summed E-state index contributed by atoms with van der Waals surface area (Å²) in [6, 6.07) is 5.19. The van der Waals surface area contributed by atoms with Crippen LogP contribution in [0.4, 0.5) is 0 Å². The molecule has 26 heavy (non-hydrogen) atoms. The van der Waals surface area contributed by atoms with Gasteiger partial charge in [0.25, 0.3) is 0 Å². The van der Waals surface area contributed by atoms with E-state index in [2.05, 4.69) is 4.98 Å². The molecule has 0 amide bonds. The maximum atomic E-state index is 11.9. The predicted molar refractivity (Wildman–Crippen MR) is 92.4 cm³/mol. The van der Waals surface area contributed by atoms with Gasteiger partial charge in [0.1, 0.15) is 30.7 Å². The lowest BCUT2D eigenvalue weighted by Gasteiger charge is -2.29. The summed E-state index contributed by atoms with van der Waals surface area (Å²) in [6.07, 6.45) is 0.737. The number of nitrogens with zero attached hydrogens (tertiary/aromatic N) is 2. The molecule has 2 N–H and O–H groups in total.